The standard InChI is InChI=1S/C20H18N2O3/c1-22-11-13(16-4-2-3-5-18(16)22)6-9-19(23)21-15-7-8-17-14(10-15)12-25-20(17)24/h2-5,7-8,10-11H,6,9,12H2,1H3,(H,21,23). The van der Waals surface area contributed by atoms with Gasteiger partial charge in [0.15, 0.2) is 0 Å². The van der Waals surface area contributed by atoms with Crippen LogP contribution in [0.15, 0.2) is 48.7 Å². The van der Waals surface area contributed by atoms with Crippen LogP contribution in [0.4, 0.5) is 5.69 Å². The number of para-hydroxylation sites is 1. The van der Waals surface area contributed by atoms with E-state index >= 15 is 0 Å². The first kappa shape index (κ1) is 15.4. The molecule has 5 heteroatoms. The smallest absolute Gasteiger partial charge is 0.338 e. The molecule has 1 aliphatic rings. The third kappa shape index (κ3) is 2.89. The molecule has 1 aliphatic heterocycles. The van der Waals surface area contributed by atoms with E-state index in [0.29, 0.717) is 24.1 Å². The van der Waals surface area contributed by atoms with Crippen LogP contribution in [0, 0.1) is 0 Å². The number of nitrogens with zero attached hydrogens (tertiary/aromatic N) is 1. The lowest BCUT2D eigenvalue weighted by atomic mass is 10.1. The van der Waals surface area contributed by atoms with Gasteiger partial charge in [0.05, 0.1) is 5.56 Å². The normalized spacial score (nSPS) is 12.9. The van der Waals surface area contributed by atoms with Crippen molar-refractivity contribution in [1.29, 1.82) is 0 Å². The summed E-state index contributed by atoms with van der Waals surface area (Å²) >= 11 is 0. The van der Waals surface area contributed by atoms with Crippen molar-refractivity contribution in [2.75, 3.05) is 5.32 Å². The third-order valence-electron chi connectivity index (χ3n) is 4.57. The van der Waals surface area contributed by atoms with Crippen LogP contribution in [0.5, 0.6) is 0 Å². The average molecular weight is 334 g/mol. The van der Waals surface area contributed by atoms with E-state index < -0.39 is 0 Å². The summed E-state index contributed by atoms with van der Waals surface area (Å²) < 4.78 is 7.06. The van der Waals surface area contributed by atoms with E-state index in [1.807, 2.05) is 19.2 Å². The fraction of sp³-hybridized carbons (Fsp3) is 0.200. The van der Waals surface area contributed by atoms with Crippen molar-refractivity contribution in [3.05, 3.63) is 65.4 Å². The van der Waals surface area contributed by atoms with Crippen LogP contribution in [-0.4, -0.2) is 16.4 Å². The molecule has 0 atom stereocenters. The molecule has 3 aromatic rings. The van der Waals surface area contributed by atoms with E-state index in [4.69, 9.17) is 4.74 Å². The van der Waals surface area contributed by atoms with Crippen LogP contribution in [0.2, 0.25) is 0 Å². The Balaban J connectivity index is 1.43. The first-order valence-electron chi connectivity index (χ1n) is 8.24. The van der Waals surface area contributed by atoms with Gasteiger partial charge >= 0.3 is 5.97 Å². The number of carbonyl (C=O) groups is 2. The first-order chi connectivity index (χ1) is 12.1. The molecule has 0 unspecified atom stereocenters. The van der Waals surface area contributed by atoms with Crippen molar-refractivity contribution in [3.63, 3.8) is 0 Å². The Morgan fingerprint density at radius 3 is 2.96 bits per heavy atom. The molecule has 0 spiro atoms. The highest BCUT2D eigenvalue weighted by Crippen LogP contribution is 2.24. The average Bonchev–Trinajstić information content (AvgIpc) is 3.14. The fourth-order valence-electron chi connectivity index (χ4n) is 3.31. The number of hydrogen-bond acceptors (Lipinski definition) is 3. The SMILES string of the molecule is Cn1cc(CCC(=O)Nc2ccc3c(c2)COC3=O)c2ccccc21. The second-order valence-corrected chi connectivity index (χ2v) is 6.28. The summed E-state index contributed by atoms with van der Waals surface area (Å²) in [7, 11) is 2.01. The van der Waals surface area contributed by atoms with Crippen LogP contribution in [0.3, 0.4) is 0 Å². The number of anilines is 1. The molecule has 5 nitrogen and oxygen atoms in total. The molecule has 0 bridgehead atoms. The molecule has 0 saturated heterocycles. The van der Waals surface area contributed by atoms with Gasteiger partial charge < -0.3 is 14.6 Å². The van der Waals surface area contributed by atoms with E-state index in [9.17, 15) is 9.59 Å². The van der Waals surface area contributed by atoms with Crippen molar-refractivity contribution in [1.82, 2.24) is 4.57 Å². The molecule has 0 radical (unpaired) electrons. The van der Waals surface area contributed by atoms with Crippen LogP contribution >= 0.6 is 0 Å². The van der Waals surface area contributed by atoms with Crippen LogP contribution in [0.25, 0.3) is 10.9 Å². The third-order valence-corrected chi connectivity index (χ3v) is 4.57. The van der Waals surface area contributed by atoms with Crippen molar-refractivity contribution in [2.24, 2.45) is 7.05 Å². The number of amides is 1. The van der Waals surface area contributed by atoms with Crippen molar-refractivity contribution in [2.45, 2.75) is 19.4 Å². The number of hydrogen-bond donors (Lipinski definition) is 1. The van der Waals surface area contributed by atoms with Gasteiger partial charge in [-0.2, -0.15) is 0 Å². The van der Waals surface area contributed by atoms with Gasteiger partial charge in [-0.1, -0.05) is 18.2 Å². The molecule has 0 aliphatic carbocycles. The van der Waals surface area contributed by atoms with Crippen molar-refractivity contribution >= 4 is 28.5 Å². The maximum absolute atomic E-state index is 12.3. The minimum atomic E-state index is -0.302. The number of aromatic nitrogens is 1. The molecule has 1 N–H and O–H groups in total. The van der Waals surface area contributed by atoms with Gasteiger partial charge in [0.25, 0.3) is 0 Å². The second kappa shape index (κ2) is 6.09. The predicted octanol–water partition coefficient (Wildman–Crippen LogP) is 3.42. The molecule has 4 rings (SSSR count). The lowest BCUT2D eigenvalue weighted by Gasteiger charge is -2.06. The molecule has 25 heavy (non-hydrogen) atoms. The molecular formula is C20H18N2O3. The number of carbonyl (C=O) groups excluding carboxylic acids is 2. The van der Waals surface area contributed by atoms with Gasteiger partial charge in [-0.15, -0.1) is 0 Å². The van der Waals surface area contributed by atoms with E-state index in [1.54, 1.807) is 18.2 Å². The second-order valence-electron chi connectivity index (χ2n) is 6.28. The zero-order valence-corrected chi connectivity index (χ0v) is 13.9. The Labute approximate surface area is 145 Å². The molecule has 0 fully saturated rings. The van der Waals surface area contributed by atoms with Crippen molar-refractivity contribution in [3.8, 4) is 0 Å². The van der Waals surface area contributed by atoms with Crippen molar-refractivity contribution < 1.29 is 14.3 Å². The largest absolute Gasteiger partial charge is 0.457 e. The Morgan fingerprint density at radius 2 is 2.08 bits per heavy atom. The van der Waals surface area contributed by atoms with Gasteiger partial charge in [-0.25, -0.2) is 4.79 Å². The van der Waals surface area contributed by atoms with E-state index in [-0.39, 0.29) is 18.5 Å². The fourth-order valence-corrected chi connectivity index (χ4v) is 3.31. The molecular weight excluding hydrogens is 316 g/mol. The number of fused-ring (bicyclic) bond motifs is 2. The quantitative estimate of drug-likeness (QED) is 0.744. The topological polar surface area (TPSA) is 60.3 Å². The Hall–Kier alpha value is -3.08. The van der Waals surface area contributed by atoms with Gasteiger partial charge in [0.2, 0.25) is 5.91 Å². The number of aryl methyl sites for hydroxylation is 2. The minimum absolute atomic E-state index is 0.0434. The number of cyclic esters (lactones) is 1. The molecule has 1 amide bonds. The molecule has 0 saturated carbocycles. The van der Waals surface area contributed by atoms with Gasteiger partial charge in [0, 0.05) is 41.8 Å². The van der Waals surface area contributed by atoms with Crippen LogP contribution < -0.4 is 5.32 Å². The summed E-state index contributed by atoms with van der Waals surface area (Å²) in [6.07, 6.45) is 3.16. The molecule has 2 aromatic carbocycles. The number of benzene rings is 2. The summed E-state index contributed by atoms with van der Waals surface area (Å²) in [4.78, 5) is 23.7. The summed E-state index contributed by atoms with van der Waals surface area (Å²) in [6, 6.07) is 13.4. The lowest BCUT2D eigenvalue weighted by molar-refractivity contribution is -0.116. The number of rotatable bonds is 4. The van der Waals surface area contributed by atoms with Gasteiger partial charge in [-0.05, 0) is 36.2 Å². The van der Waals surface area contributed by atoms with Gasteiger partial charge in [-0.3, -0.25) is 4.79 Å². The number of esters is 1. The zero-order chi connectivity index (χ0) is 17.4. The highest BCUT2D eigenvalue weighted by Gasteiger charge is 2.21. The Kier molecular flexibility index (Phi) is 3.76. The van der Waals surface area contributed by atoms with E-state index in [1.165, 1.54) is 16.5 Å². The molecule has 1 aromatic heterocycles. The number of nitrogens with one attached hydrogen (secondary N) is 1. The Bertz CT molecular complexity index is 988. The highest BCUT2D eigenvalue weighted by atomic mass is 16.5. The summed E-state index contributed by atoms with van der Waals surface area (Å²) in [5.74, 6) is -0.345. The maximum Gasteiger partial charge on any atom is 0.338 e. The summed E-state index contributed by atoms with van der Waals surface area (Å²) in [5.41, 5.74) is 4.42. The Morgan fingerprint density at radius 1 is 1.24 bits per heavy atom. The predicted molar refractivity (Wildman–Crippen MR) is 95.4 cm³/mol. The highest BCUT2D eigenvalue weighted by molar-refractivity contribution is 5.96. The summed E-state index contributed by atoms with van der Waals surface area (Å²) in [5, 5.41) is 4.09. The maximum atomic E-state index is 12.3. The van der Waals surface area contributed by atoms with E-state index in [0.717, 1.165) is 5.56 Å². The summed E-state index contributed by atoms with van der Waals surface area (Å²) in [6.45, 7) is 0.272. The van der Waals surface area contributed by atoms with Crippen LogP contribution in [-0.2, 0) is 29.6 Å². The lowest BCUT2D eigenvalue weighted by Crippen LogP contribution is -2.12. The molecule has 2 heterocycles. The molecule has 126 valence electrons. The zero-order valence-electron chi connectivity index (χ0n) is 13.9. The monoisotopic (exact) mass is 334 g/mol. The van der Waals surface area contributed by atoms with Crippen LogP contribution in [0.1, 0.15) is 27.9 Å². The van der Waals surface area contributed by atoms with Gasteiger partial charge in [0.1, 0.15) is 6.61 Å². The minimum Gasteiger partial charge on any atom is -0.457 e. The first-order valence-corrected chi connectivity index (χ1v) is 8.24. The van der Waals surface area contributed by atoms with E-state index in [2.05, 4.69) is 28.2 Å². The number of ether oxygens (including phenoxy) is 1.